The van der Waals surface area contributed by atoms with E-state index in [0.29, 0.717) is 16.3 Å². The van der Waals surface area contributed by atoms with Gasteiger partial charge in [-0.05, 0) is 65.5 Å². The number of esters is 1. The molecule has 158 valence electrons. The minimum atomic E-state index is -0.604. The monoisotopic (exact) mass is 492 g/mol. The molecule has 2 aromatic rings. The predicted molar refractivity (Wildman–Crippen MR) is 120 cm³/mol. The number of aryl methyl sites for hydroxylation is 2. The Morgan fingerprint density at radius 1 is 1.20 bits per heavy atom. The van der Waals surface area contributed by atoms with E-state index in [9.17, 15) is 14.4 Å². The summed E-state index contributed by atoms with van der Waals surface area (Å²) >= 11 is 9.48. The van der Waals surface area contributed by atoms with Gasteiger partial charge in [0.25, 0.3) is 5.91 Å². The van der Waals surface area contributed by atoms with Gasteiger partial charge in [0.2, 0.25) is 5.91 Å². The molecule has 2 aromatic carbocycles. The number of anilines is 2. The molecule has 0 unspecified atom stereocenters. The van der Waals surface area contributed by atoms with Crippen LogP contribution < -0.4 is 10.2 Å². The van der Waals surface area contributed by atoms with Crippen molar-refractivity contribution in [3.8, 4) is 0 Å². The summed E-state index contributed by atoms with van der Waals surface area (Å²) in [5.41, 5.74) is 4.02. The van der Waals surface area contributed by atoms with Gasteiger partial charge in [0.15, 0.2) is 6.61 Å². The Bertz CT molecular complexity index is 1000. The summed E-state index contributed by atoms with van der Waals surface area (Å²) in [6, 6.07) is 9.23. The first-order valence-electron chi connectivity index (χ1n) is 9.46. The van der Waals surface area contributed by atoms with Crippen LogP contribution in [0.3, 0.4) is 0 Å². The molecule has 1 heterocycles. The summed E-state index contributed by atoms with van der Waals surface area (Å²) in [5.74, 6) is -1.76. The topological polar surface area (TPSA) is 75.7 Å². The fourth-order valence-electron chi connectivity index (χ4n) is 3.54. The molecule has 2 amide bonds. The quantitative estimate of drug-likeness (QED) is 0.620. The number of carbonyl (C=O) groups excluding carboxylic acids is 3. The molecule has 1 fully saturated rings. The maximum Gasteiger partial charge on any atom is 0.311 e. The van der Waals surface area contributed by atoms with E-state index in [4.69, 9.17) is 16.3 Å². The van der Waals surface area contributed by atoms with Crippen LogP contribution in [0.2, 0.25) is 5.02 Å². The second-order valence-corrected chi connectivity index (χ2v) is 8.57. The molecule has 1 atom stereocenters. The lowest BCUT2D eigenvalue weighted by molar-refractivity contribution is -0.151. The number of hydrogen-bond acceptors (Lipinski definition) is 4. The fourth-order valence-corrected chi connectivity index (χ4v) is 4.14. The second kappa shape index (κ2) is 9.18. The molecule has 30 heavy (non-hydrogen) atoms. The number of benzene rings is 2. The van der Waals surface area contributed by atoms with Gasteiger partial charge >= 0.3 is 5.97 Å². The lowest BCUT2D eigenvalue weighted by Gasteiger charge is -2.21. The summed E-state index contributed by atoms with van der Waals surface area (Å²) in [7, 11) is 0. The largest absolute Gasteiger partial charge is 0.455 e. The molecule has 1 N–H and O–H groups in total. The number of hydrogen-bond donors (Lipinski definition) is 1. The van der Waals surface area contributed by atoms with E-state index in [0.717, 1.165) is 21.3 Å². The van der Waals surface area contributed by atoms with E-state index < -0.39 is 24.4 Å². The van der Waals surface area contributed by atoms with Crippen molar-refractivity contribution in [2.45, 2.75) is 27.2 Å². The molecule has 0 radical (unpaired) electrons. The number of amides is 2. The first-order chi connectivity index (χ1) is 14.2. The van der Waals surface area contributed by atoms with Crippen LogP contribution in [0.25, 0.3) is 0 Å². The van der Waals surface area contributed by atoms with E-state index in [1.807, 2.05) is 32.0 Å². The maximum atomic E-state index is 12.5. The predicted octanol–water partition coefficient (Wildman–Crippen LogP) is 4.56. The van der Waals surface area contributed by atoms with Gasteiger partial charge in [-0.15, -0.1) is 0 Å². The molecule has 0 saturated carbocycles. The zero-order valence-corrected chi connectivity index (χ0v) is 19.3. The standard InChI is InChI=1S/C22H22BrClN2O4/c1-12-5-4-6-13(2)21(12)26-10-15(9-19(26)28)22(29)30-11-18(27)25-17-8-7-16(23)20(24)14(17)3/h4-8,15H,9-11H2,1-3H3,(H,25,27)/t15-/m0/s1. The number of rotatable bonds is 5. The molecule has 1 aliphatic heterocycles. The first kappa shape index (κ1) is 22.3. The number of nitrogens with one attached hydrogen (secondary N) is 1. The van der Waals surface area contributed by atoms with Crippen LogP contribution >= 0.6 is 27.5 Å². The van der Waals surface area contributed by atoms with Crippen molar-refractivity contribution in [1.82, 2.24) is 0 Å². The van der Waals surface area contributed by atoms with Gasteiger partial charge in [-0.3, -0.25) is 14.4 Å². The average molecular weight is 494 g/mol. The summed E-state index contributed by atoms with van der Waals surface area (Å²) in [6.07, 6.45) is 0.0651. The Morgan fingerprint density at radius 2 is 1.87 bits per heavy atom. The highest BCUT2D eigenvalue weighted by Crippen LogP contribution is 2.32. The van der Waals surface area contributed by atoms with Crippen molar-refractivity contribution in [2.75, 3.05) is 23.4 Å². The van der Waals surface area contributed by atoms with Crippen LogP contribution in [0.4, 0.5) is 11.4 Å². The Balaban J connectivity index is 1.59. The van der Waals surface area contributed by atoms with E-state index in [2.05, 4.69) is 21.2 Å². The number of para-hydroxylation sites is 1. The van der Waals surface area contributed by atoms with Crippen molar-refractivity contribution in [2.24, 2.45) is 5.92 Å². The van der Waals surface area contributed by atoms with Gasteiger partial charge in [-0.25, -0.2) is 0 Å². The number of ether oxygens (including phenoxy) is 1. The van der Waals surface area contributed by atoms with Crippen molar-refractivity contribution in [3.05, 3.63) is 56.5 Å². The van der Waals surface area contributed by atoms with E-state index in [-0.39, 0.29) is 18.9 Å². The third kappa shape index (κ3) is 4.68. The highest BCUT2D eigenvalue weighted by molar-refractivity contribution is 9.10. The third-order valence-corrected chi connectivity index (χ3v) is 6.50. The Morgan fingerprint density at radius 3 is 2.53 bits per heavy atom. The molecular weight excluding hydrogens is 472 g/mol. The van der Waals surface area contributed by atoms with Crippen LogP contribution in [-0.4, -0.2) is 30.9 Å². The Labute approximate surface area is 188 Å². The first-order valence-corrected chi connectivity index (χ1v) is 10.6. The van der Waals surface area contributed by atoms with Crippen LogP contribution in [0.1, 0.15) is 23.1 Å². The lowest BCUT2D eigenvalue weighted by atomic mass is 10.1. The van der Waals surface area contributed by atoms with Gasteiger partial charge in [0.1, 0.15) is 0 Å². The zero-order chi connectivity index (χ0) is 22.0. The number of halogens is 2. The molecule has 0 aliphatic carbocycles. The maximum absolute atomic E-state index is 12.5. The zero-order valence-electron chi connectivity index (χ0n) is 16.9. The molecule has 0 aromatic heterocycles. The molecule has 1 aliphatic rings. The van der Waals surface area contributed by atoms with E-state index in [1.54, 1.807) is 24.0 Å². The SMILES string of the molecule is Cc1cccc(C)c1N1C[C@@H](C(=O)OCC(=O)Nc2ccc(Br)c(Cl)c2C)CC1=O. The normalized spacial score (nSPS) is 16.0. The summed E-state index contributed by atoms with van der Waals surface area (Å²) in [5, 5.41) is 3.18. The van der Waals surface area contributed by atoms with Crippen molar-refractivity contribution < 1.29 is 19.1 Å². The van der Waals surface area contributed by atoms with Crippen molar-refractivity contribution >= 4 is 56.7 Å². The fraction of sp³-hybridized carbons (Fsp3) is 0.318. The molecular formula is C22H22BrClN2O4. The highest BCUT2D eigenvalue weighted by Gasteiger charge is 2.37. The van der Waals surface area contributed by atoms with Crippen molar-refractivity contribution in [3.63, 3.8) is 0 Å². The highest BCUT2D eigenvalue weighted by atomic mass is 79.9. The molecule has 0 bridgehead atoms. The van der Waals surface area contributed by atoms with Gasteiger partial charge in [-0.2, -0.15) is 0 Å². The minimum absolute atomic E-state index is 0.0651. The molecule has 3 rings (SSSR count). The minimum Gasteiger partial charge on any atom is -0.455 e. The third-order valence-electron chi connectivity index (χ3n) is 5.13. The van der Waals surface area contributed by atoms with E-state index in [1.165, 1.54) is 0 Å². The van der Waals surface area contributed by atoms with Gasteiger partial charge in [-0.1, -0.05) is 29.8 Å². The van der Waals surface area contributed by atoms with Crippen molar-refractivity contribution in [1.29, 1.82) is 0 Å². The van der Waals surface area contributed by atoms with Crippen LogP contribution in [0.15, 0.2) is 34.8 Å². The number of nitrogens with zero attached hydrogens (tertiary/aromatic N) is 1. The second-order valence-electron chi connectivity index (χ2n) is 7.34. The van der Waals surface area contributed by atoms with Gasteiger partial charge in [0, 0.05) is 28.8 Å². The van der Waals surface area contributed by atoms with Gasteiger partial charge in [0.05, 0.1) is 10.9 Å². The summed E-state index contributed by atoms with van der Waals surface area (Å²) in [6.45, 7) is 5.46. The summed E-state index contributed by atoms with van der Waals surface area (Å²) in [4.78, 5) is 38.8. The van der Waals surface area contributed by atoms with Crippen LogP contribution in [-0.2, 0) is 19.1 Å². The Hall–Kier alpha value is -2.38. The van der Waals surface area contributed by atoms with Gasteiger partial charge < -0.3 is 15.0 Å². The van der Waals surface area contributed by atoms with Crippen LogP contribution in [0, 0.1) is 26.7 Å². The van der Waals surface area contributed by atoms with Crippen LogP contribution in [0.5, 0.6) is 0 Å². The Kier molecular flexibility index (Phi) is 6.83. The number of carbonyl (C=O) groups is 3. The smallest absolute Gasteiger partial charge is 0.311 e. The lowest BCUT2D eigenvalue weighted by Crippen LogP contribution is -2.29. The molecule has 6 nitrogen and oxygen atoms in total. The average Bonchev–Trinajstić information content (AvgIpc) is 3.08. The summed E-state index contributed by atoms with van der Waals surface area (Å²) < 4.78 is 5.90. The van der Waals surface area contributed by atoms with E-state index >= 15 is 0 Å². The molecule has 8 heteroatoms. The molecule has 1 saturated heterocycles. The molecule has 0 spiro atoms.